The molecule has 172 valence electrons. The van der Waals surface area contributed by atoms with Gasteiger partial charge in [0.25, 0.3) is 6.43 Å². The maximum absolute atomic E-state index is 14.1. The summed E-state index contributed by atoms with van der Waals surface area (Å²) in [5.41, 5.74) is 4.27. The van der Waals surface area contributed by atoms with Crippen LogP contribution in [0.4, 0.5) is 8.78 Å². The van der Waals surface area contributed by atoms with Crippen LogP contribution in [0.1, 0.15) is 50.8 Å². The Morgan fingerprint density at radius 3 is 2.41 bits per heavy atom. The van der Waals surface area contributed by atoms with E-state index in [0.29, 0.717) is 30.3 Å². The van der Waals surface area contributed by atoms with Gasteiger partial charge in [0.05, 0.1) is 5.25 Å². The molecule has 1 heterocycles. The molecule has 4 rings (SSSR count). The van der Waals surface area contributed by atoms with Gasteiger partial charge in [-0.1, -0.05) is 57.2 Å². The molecule has 2 aromatic carbocycles. The van der Waals surface area contributed by atoms with Gasteiger partial charge < -0.3 is 4.57 Å². The van der Waals surface area contributed by atoms with Gasteiger partial charge in [0.2, 0.25) is 10.0 Å². The predicted molar refractivity (Wildman–Crippen MR) is 125 cm³/mol. The van der Waals surface area contributed by atoms with E-state index < -0.39 is 27.7 Å². The second-order valence-electron chi connectivity index (χ2n) is 9.99. The van der Waals surface area contributed by atoms with E-state index in [1.165, 1.54) is 0 Å². The largest absolute Gasteiger partial charge is 0.347 e. The highest BCUT2D eigenvalue weighted by atomic mass is 32.2. The quantitative estimate of drug-likeness (QED) is 0.467. The Kier molecular flexibility index (Phi) is 5.92. The number of aryl methyl sites for hydroxylation is 1. The van der Waals surface area contributed by atoms with E-state index in [2.05, 4.69) is 25.5 Å². The van der Waals surface area contributed by atoms with Gasteiger partial charge in [0, 0.05) is 29.2 Å². The summed E-state index contributed by atoms with van der Waals surface area (Å²) in [6, 6.07) is 12.3. The molecular formula is C25H30F2N2O2S. The van der Waals surface area contributed by atoms with Crippen LogP contribution in [0, 0.1) is 12.3 Å². The van der Waals surface area contributed by atoms with Crippen molar-refractivity contribution in [1.29, 1.82) is 0 Å². The lowest BCUT2D eigenvalue weighted by Crippen LogP contribution is -2.35. The lowest BCUT2D eigenvalue weighted by molar-refractivity contribution is 0.109. The number of halogens is 2. The van der Waals surface area contributed by atoms with Crippen molar-refractivity contribution in [3.05, 3.63) is 59.8 Å². The van der Waals surface area contributed by atoms with Gasteiger partial charge >= 0.3 is 0 Å². The highest BCUT2D eigenvalue weighted by Gasteiger charge is 2.40. The molecule has 0 unspecified atom stereocenters. The number of nitrogens with one attached hydrogen (secondary N) is 1. The highest BCUT2D eigenvalue weighted by Crippen LogP contribution is 2.37. The topological polar surface area (TPSA) is 51.1 Å². The van der Waals surface area contributed by atoms with Crippen LogP contribution in [0.5, 0.6) is 0 Å². The zero-order chi connectivity index (χ0) is 23.3. The van der Waals surface area contributed by atoms with Crippen LogP contribution in [0.2, 0.25) is 0 Å². The second kappa shape index (κ2) is 8.27. The van der Waals surface area contributed by atoms with E-state index >= 15 is 0 Å². The van der Waals surface area contributed by atoms with Gasteiger partial charge in [-0.25, -0.2) is 21.9 Å². The van der Waals surface area contributed by atoms with Crippen molar-refractivity contribution in [2.45, 2.75) is 64.8 Å². The van der Waals surface area contributed by atoms with Crippen LogP contribution in [-0.2, 0) is 16.6 Å². The molecular weight excluding hydrogens is 430 g/mol. The van der Waals surface area contributed by atoms with E-state index in [0.717, 1.165) is 22.2 Å². The summed E-state index contributed by atoms with van der Waals surface area (Å²) in [5, 5.41) is 0.0923. The Morgan fingerprint density at radius 1 is 1.12 bits per heavy atom. The summed E-state index contributed by atoms with van der Waals surface area (Å²) in [5.74, 6) is 0. The van der Waals surface area contributed by atoms with Crippen molar-refractivity contribution in [2.75, 3.05) is 0 Å². The Morgan fingerprint density at radius 2 is 1.81 bits per heavy atom. The number of sulfonamides is 1. The highest BCUT2D eigenvalue weighted by molar-refractivity contribution is 7.90. The third kappa shape index (κ3) is 4.74. The summed E-state index contributed by atoms with van der Waals surface area (Å²) in [4.78, 5) is 0. The van der Waals surface area contributed by atoms with Crippen molar-refractivity contribution in [3.8, 4) is 11.1 Å². The zero-order valence-corrected chi connectivity index (χ0v) is 19.7. The number of rotatable bonds is 7. The molecule has 0 amide bonds. The van der Waals surface area contributed by atoms with Gasteiger partial charge in [-0.05, 0) is 47.9 Å². The van der Waals surface area contributed by atoms with E-state index in [1.54, 1.807) is 6.20 Å². The molecule has 0 saturated heterocycles. The molecule has 1 saturated carbocycles. The molecule has 0 bridgehead atoms. The molecule has 1 fully saturated rings. The minimum Gasteiger partial charge on any atom is -0.347 e. The maximum atomic E-state index is 14.1. The number of nitrogens with zero attached hydrogens (tertiary/aromatic N) is 1. The van der Waals surface area contributed by atoms with Crippen molar-refractivity contribution in [1.82, 2.24) is 9.29 Å². The first-order valence-electron chi connectivity index (χ1n) is 10.9. The minimum absolute atomic E-state index is 0.0876. The minimum atomic E-state index is -3.77. The monoisotopic (exact) mass is 460 g/mol. The van der Waals surface area contributed by atoms with Crippen LogP contribution in [-0.4, -0.2) is 24.7 Å². The van der Waals surface area contributed by atoms with Crippen LogP contribution >= 0.6 is 0 Å². The summed E-state index contributed by atoms with van der Waals surface area (Å²) in [6.07, 6.45) is -0.106. The fourth-order valence-corrected chi connectivity index (χ4v) is 5.71. The summed E-state index contributed by atoms with van der Waals surface area (Å²) < 4.78 is 57.5. The first-order valence-corrected chi connectivity index (χ1v) is 12.5. The fraction of sp³-hybridized carbons (Fsp3) is 0.440. The van der Waals surface area contributed by atoms with E-state index in [4.69, 9.17) is 0 Å². The molecule has 1 aliphatic carbocycles. The third-order valence-electron chi connectivity index (χ3n) is 5.86. The van der Waals surface area contributed by atoms with Gasteiger partial charge in [-0.3, -0.25) is 0 Å². The second-order valence-corrected chi connectivity index (χ2v) is 12.0. The SMILES string of the molecule is Cc1ccccc1-c1ccc2c([C@H](NS(=O)(=O)C3CC3)C(F)F)cn(CC(C)(C)C)c2c1. The zero-order valence-electron chi connectivity index (χ0n) is 18.9. The van der Waals surface area contributed by atoms with Gasteiger partial charge in [-0.2, -0.15) is 0 Å². The van der Waals surface area contributed by atoms with Gasteiger partial charge in [0.1, 0.15) is 6.04 Å². The normalized spacial score (nSPS) is 16.1. The van der Waals surface area contributed by atoms with Gasteiger partial charge in [0.15, 0.2) is 0 Å². The lowest BCUT2D eigenvalue weighted by Gasteiger charge is -2.20. The van der Waals surface area contributed by atoms with Crippen LogP contribution in [0.15, 0.2) is 48.7 Å². The van der Waals surface area contributed by atoms with Crippen molar-refractivity contribution >= 4 is 20.9 Å². The predicted octanol–water partition coefficient (Wildman–Crippen LogP) is 6.05. The molecule has 0 aliphatic heterocycles. The molecule has 4 nitrogen and oxygen atoms in total. The summed E-state index contributed by atoms with van der Waals surface area (Å²) in [7, 11) is -3.77. The number of fused-ring (bicyclic) bond motifs is 1. The van der Waals surface area contributed by atoms with Gasteiger partial charge in [-0.15, -0.1) is 0 Å². The number of hydrogen-bond acceptors (Lipinski definition) is 2. The lowest BCUT2D eigenvalue weighted by atomic mass is 9.96. The number of aromatic nitrogens is 1. The first-order chi connectivity index (χ1) is 15.0. The first kappa shape index (κ1) is 22.9. The molecule has 32 heavy (non-hydrogen) atoms. The third-order valence-corrected chi connectivity index (χ3v) is 7.79. The Balaban J connectivity index is 1.86. The maximum Gasteiger partial charge on any atom is 0.258 e. The van der Waals surface area contributed by atoms with E-state index in [9.17, 15) is 17.2 Å². The summed E-state index contributed by atoms with van der Waals surface area (Å²) in [6.45, 7) is 8.92. The number of hydrogen-bond donors (Lipinski definition) is 1. The molecule has 1 aliphatic rings. The van der Waals surface area contributed by atoms with Crippen molar-refractivity contribution in [3.63, 3.8) is 0 Å². The summed E-state index contributed by atoms with van der Waals surface area (Å²) >= 11 is 0. The van der Waals surface area contributed by atoms with E-state index in [1.807, 2.05) is 54.0 Å². The Hall–Kier alpha value is -2.25. The van der Waals surface area contributed by atoms with E-state index in [-0.39, 0.29) is 5.41 Å². The molecule has 3 aromatic rings. The number of benzene rings is 2. The molecule has 7 heteroatoms. The number of alkyl halides is 2. The van der Waals surface area contributed by atoms with Crippen molar-refractivity contribution in [2.24, 2.45) is 5.41 Å². The smallest absolute Gasteiger partial charge is 0.258 e. The molecule has 1 aromatic heterocycles. The van der Waals surface area contributed by atoms with Crippen LogP contribution in [0.25, 0.3) is 22.0 Å². The van der Waals surface area contributed by atoms with Crippen molar-refractivity contribution < 1.29 is 17.2 Å². The Labute approximate surface area is 188 Å². The average Bonchev–Trinajstić information content (AvgIpc) is 3.50. The molecule has 0 radical (unpaired) electrons. The Bertz CT molecular complexity index is 1240. The molecule has 1 N–H and O–H groups in total. The standard InChI is InChI=1S/C25H30F2N2O2S/c1-16-7-5-6-8-19(16)17-9-12-20-21(14-29(22(20)13-17)15-25(2,3)4)23(24(26)27)28-32(30,31)18-10-11-18/h5-9,12-14,18,23-24,28H,10-11,15H2,1-4H3/t23-/m0/s1. The molecule has 0 spiro atoms. The molecule has 1 atom stereocenters. The van der Waals surface area contributed by atoms with Crippen LogP contribution in [0.3, 0.4) is 0 Å². The average molecular weight is 461 g/mol. The fourth-order valence-electron chi connectivity index (χ4n) is 4.18. The van der Waals surface area contributed by atoms with Crippen LogP contribution < -0.4 is 4.72 Å².